The SMILES string of the molecule is CN(C)C(=O)c1cccc(NC2CCCC(C(=O)O)C2)c1. The van der Waals surface area contributed by atoms with Gasteiger partial charge in [-0.3, -0.25) is 9.59 Å². The van der Waals surface area contributed by atoms with Crippen LogP contribution in [0.25, 0.3) is 0 Å². The molecular weight excluding hydrogens is 268 g/mol. The molecule has 1 fully saturated rings. The molecule has 1 aromatic rings. The van der Waals surface area contributed by atoms with Crippen LogP contribution >= 0.6 is 0 Å². The Labute approximate surface area is 125 Å². The number of aliphatic carboxylic acids is 1. The van der Waals surface area contributed by atoms with Crippen molar-refractivity contribution in [1.82, 2.24) is 4.90 Å². The van der Waals surface area contributed by atoms with Crippen LogP contribution in [0.15, 0.2) is 24.3 Å². The summed E-state index contributed by atoms with van der Waals surface area (Å²) in [6.45, 7) is 0. The first-order valence-electron chi connectivity index (χ1n) is 7.28. The maximum absolute atomic E-state index is 12.0. The molecule has 0 bridgehead atoms. The van der Waals surface area contributed by atoms with Crippen molar-refractivity contribution < 1.29 is 14.7 Å². The van der Waals surface area contributed by atoms with Crippen molar-refractivity contribution in [3.8, 4) is 0 Å². The van der Waals surface area contributed by atoms with Crippen LogP contribution in [0.3, 0.4) is 0 Å². The Kier molecular flexibility index (Phi) is 4.83. The zero-order valence-corrected chi connectivity index (χ0v) is 12.5. The highest BCUT2D eigenvalue weighted by Crippen LogP contribution is 2.27. The van der Waals surface area contributed by atoms with E-state index in [0.717, 1.165) is 24.9 Å². The average molecular weight is 290 g/mol. The van der Waals surface area contributed by atoms with E-state index in [-0.39, 0.29) is 17.9 Å². The second-order valence-electron chi connectivity index (χ2n) is 5.82. The van der Waals surface area contributed by atoms with Crippen molar-refractivity contribution in [3.05, 3.63) is 29.8 Å². The standard InChI is InChI=1S/C16H22N2O3/c1-18(2)15(19)11-5-3-7-13(9-11)17-14-8-4-6-12(10-14)16(20)21/h3,5,7,9,12,14,17H,4,6,8,10H2,1-2H3,(H,20,21). The van der Waals surface area contributed by atoms with E-state index < -0.39 is 5.97 Å². The summed E-state index contributed by atoms with van der Waals surface area (Å²) in [6, 6.07) is 7.53. The molecule has 2 atom stereocenters. The topological polar surface area (TPSA) is 69.6 Å². The molecule has 1 saturated carbocycles. The van der Waals surface area contributed by atoms with Crippen LogP contribution in [0.1, 0.15) is 36.0 Å². The molecule has 1 amide bonds. The number of rotatable bonds is 4. The molecule has 114 valence electrons. The fraction of sp³-hybridized carbons (Fsp3) is 0.500. The maximum atomic E-state index is 12.0. The van der Waals surface area contributed by atoms with Crippen molar-refractivity contribution >= 4 is 17.6 Å². The Morgan fingerprint density at radius 2 is 2.05 bits per heavy atom. The highest BCUT2D eigenvalue weighted by molar-refractivity contribution is 5.94. The van der Waals surface area contributed by atoms with Gasteiger partial charge in [0.15, 0.2) is 0 Å². The van der Waals surface area contributed by atoms with E-state index in [1.807, 2.05) is 18.2 Å². The number of carboxylic acid groups (broad SMARTS) is 1. The summed E-state index contributed by atoms with van der Waals surface area (Å²) in [5.41, 5.74) is 1.51. The van der Waals surface area contributed by atoms with Gasteiger partial charge in [0.2, 0.25) is 0 Å². The number of nitrogens with one attached hydrogen (secondary N) is 1. The van der Waals surface area contributed by atoms with Gasteiger partial charge in [-0.2, -0.15) is 0 Å². The lowest BCUT2D eigenvalue weighted by Gasteiger charge is -2.28. The van der Waals surface area contributed by atoms with Crippen molar-refractivity contribution in [1.29, 1.82) is 0 Å². The Hall–Kier alpha value is -2.04. The number of carbonyl (C=O) groups excluding carboxylic acids is 1. The summed E-state index contributed by atoms with van der Waals surface area (Å²) in [7, 11) is 3.45. The van der Waals surface area contributed by atoms with E-state index in [0.29, 0.717) is 12.0 Å². The monoisotopic (exact) mass is 290 g/mol. The first kappa shape index (κ1) is 15.4. The average Bonchev–Trinajstić information content (AvgIpc) is 2.47. The molecule has 2 N–H and O–H groups in total. The minimum atomic E-state index is -0.710. The Balaban J connectivity index is 2.04. The summed E-state index contributed by atoms with van der Waals surface area (Å²) >= 11 is 0. The summed E-state index contributed by atoms with van der Waals surface area (Å²) in [5, 5.41) is 12.5. The van der Waals surface area contributed by atoms with Gasteiger partial charge >= 0.3 is 5.97 Å². The minimum absolute atomic E-state index is 0.0364. The molecule has 0 saturated heterocycles. The molecule has 5 heteroatoms. The highest BCUT2D eigenvalue weighted by atomic mass is 16.4. The number of carbonyl (C=O) groups is 2. The number of nitrogens with zero attached hydrogens (tertiary/aromatic N) is 1. The van der Waals surface area contributed by atoms with Crippen LogP contribution in [0.4, 0.5) is 5.69 Å². The summed E-state index contributed by atoms with van der Waals surface area (Å²) in [4.78, 5) is 24.6. The summed E-state index contributed by atoms with van der Waals surface area (Å²) < 4.78 is 0. The van der Waals surface area contributed by atoms with Gasteiger partial charge in [-0.1, -0.05) is 12.5 Å². The molecule has 1 aliphatic carbocycles. The largest absolute Gasteiger partial charge is 0.481 e. The van der Waals surface area contributed by atoms with Crippen LogP contribution in [0.5, 0.6) is 0 Å². The number of hydrogen-bond donors (Lipinski definition) is 2. The van der Waals surface area contributed by atoms with Gasteiger partial charge in [-0.05, 0) is 37.5 Å². The van der Waals surface area contributed by atoms with Crippen LogP contribution in [-0.4, -0.2) is 42.0 Å². The second kappa shape index (κ2) is 6.61. The third-order valence-electron chi connectivity index (χ3n) is 3.91. The Bertz CT molecular complexity index is 528. The molecule has 1 aromatic carbocycles. The third kappa shape index (κ3) is 3.97. The van der Waals surface area contributed by atoms with E-state index in [2.05, 4.69) is 5.32 Å². The number of anilines is 1. The fourth-order valence-electron chi connectivity index (χ4n) is 2.78. The second-order valence-corrected chi connectivity index (χ2v) is 5.82. The predicted octanol–water partition coefficient (Wildman–Crippen LogP) is 2.44. The van der Waals surface area contributed by atoms with Crippen molar-refractivity contribution in [3.63, 3.8) is 0 Å². The van der Waals surface area contributed by atoms with Gasteiger partial charge in [0, 0.05) is 31.4 Å². The first-order valence-corrected chi connectivity index (χ1v) is 7.28. The molecule has 0 aromatic heterocycles. The lowest BCUT2D eigenvalue weighted by Crippen LogP contribution is -2.31. The number of benzene rings is 1. The Morgan fingerprint density at radius 3 is 2.71 bits per heavy atom. The maximum Gasteiger partial charge on any atom is 0.306 e. The molecule has 2 unspecified atom stereocenters. The van der Waals surface area contributed by atoms with E-state index in [4.69, 9.17) is 5.11 Å². The van der Waals surface area contributed by atoms with Crippen molar-refractivity contribution in [2.45, 2.75) is 31.7 Å². The van der Waals surface area contributed by atoms with Crippen LogP contribution in [-0.2, 0) is 4.79 Å². The molecule has 2 rings (SSSR count). The van der Waals surface area contributed by atoms with Crippen LogP contribution in [0.2, 0.25) is 0 Å². The van der Waals surface area contributed by atoms with Crippen molar-refractivity contribution in [2.24, 2.45) is 5.92 Å². The lowest BCUT2D eigenvalue weighted by molar-refractivity contribution is -0.142. The van der Waals surface area contributed by atoms with Gasteiger partial charge in [0.05, 0.1) is 5.92 Å². The van der Waals surface area contributed by atoms with Gasteiger partial charge in [-0.15, -0.1) is 0 Å². The zero-order chi connectivity index (χ0) is 15.4. The molecule has 21 heavy (non-hydrogen) atoms. The predicted molar refractivity (Wildman–Crippen MR) is 81.5 cm³/mol. The normalized spacial score (nSPS) is 21.6. The molecule has 5 nitrogen and oxygen atoms in total. The first-order chi connectivity index (χ1) is 9.97. The molecule has 0 spiro atoms. The van der Waals surface area contributed by atoms with Crippen molar-refractivity contribution in [2.75, 3.05) is 19.4 Å². The quantitative estimate of drug-likeness (QED) is 0.893. The van der Waals surface area contributed by atoms with Gasteiger partial charge in [0.1, 0.15) is 0 Å². The number of amides is 1. The van der Waals surface area contributed by atoms with Crippen LogP contribution in [0, 0.1) is 5.92 Å². The summed E-state index contributed by atoms with van der Waals surface area (Å²) in [5.74, 6) is -1.01. The minimum Gasteiger partial charge on any atom is -0.481 e. The Morgan fingerprint density at radius 1 is 1.29 bits per heavy atom. The van der Waals surface area contributed by atoms with E-state index in [1.54, 1.807) is 25.1 Å². The van der Waals surface area contributed by atoms with Gasteiger partial charge < -0.3 is 15.3 Å². The number of carboxylic acids is 1. The van der Waals surface area contributed by atoms with E-state index in [9.17, 15) is 9.59 Å². The van der Waals surface area contributed by atoms with Crippen LogP contribution < -0.4 is 5.32 Å². The highest BCUT2D eigenvalue weighted by Gasteiger charge is 2.26. The fourth-order valence-corrected chi connectivity index (χ4v) is 2.78. The molecular formula is C16H22N2O3. The smallest absolute Gasteiger partial charge is 0.306 e. The third-order valence-corrected chi connectivity index (χ3v) is 3.91. The van der Waals surface area contributed by atoms with Gasteiger partial charge in [0.25, 0.3) is 5.91 Å². The molecule has 1 aliphatic rings. The summed E-state index contributed by atoms with van der Waals surface area (Å²) in [6.07, 6.45) is 3.29. The molecule has 0 radical (unpaired) electrons. The lowest BCUT2D eigenvalue weighted by atomic mass is 9.85. The number of hydrogen-bond acceptors (Lipinski definition) is 3. The van der Waals surface area contributed by atoms with E-state index in [1.165, 1.54) is 0 Å². The van der Waals surface area contributed by atoms with Gasteiger partial charge in [-0.25, -0.2) is 0 Å². The molecule has 0 aliphatic heterocycles. The van der Waals surface area contributed by atoms with E-state index >= 15 is 0 Å². The molecule has 0 heterocycles. The zero-order valence-electron chi connectivity index (χ0n) is 12.5.